The Morgan fingerprint density at radius 2 is 1.58 bits per heavy atom. The Labute approximate surface area is 214 Å². The second-order valence-electron chi connectivity index (χ2n) is 9.01. The maximum absolute atomic E-state index is 12.8. The smallest absolute Gasteiger partial charge is 0.251 e. The molecule has 3 aromatic rings. The van der Waals surface area contributed by atoms with Crippen LogP contribution in [0.15, 0.2) is 60.7 Å². The van der Waals surface area contributed by atoms with Gasteiger partial charge in [0.15, 0.2) is 11.5 Å². The molecule has 0 radical (unpaired) electrons. The van der Waals surface area contributed by atoms with Crippen LogP contribution in [0.1, 0.15) is 52.4 Å². The Balaban J connectivity index is 1.76. The SMILES string of the molecule is COc1ccc(CNC(=O)c2ccc(CN(c3c(C)cccc3C(C)C)S(C)(=O)=O)cc2)cc1OC. The molecule has 0 aliphatic rings. The van der Waals surface area contributed by atoms with Crippen LogP contribution in [0.4, 0.5) is 5.69 Å². The van der Waals surface area contributed by atoms with E-state index in [2.05, 4.69) is 5.32 Å². The standard InChI is InChI=1S/C28H34N2O5S/c1-19(2)24-9-7-8-20(3)27(24)30(36(6,32)33)18-21-10-13-23(14-11-21)28(31)29-17-22-12-15-25(34-4)26(16-22)35-5/h7-16,19H,17-18H2,1-6H3,(H,29,31). The van der Waals surface area contributed by atoms with Crippen molar-refractivity contribution in [1.82, 2.24) is 5.32 Å². The van der Waals surface area contributed by atoms with Gasteiger partial charge in [-0.3, -0.25) is 9.10 Å². The van der Waals surface area contributed by atoms with Crippen molar-refractivity contribution in [3.63, 3.8) is 0 Å². The van der Waals surface area contributed by atoms with Gasteiger partial charge in [-0.25, -0.2) is 8.42 Å². The molecule has 1 amide bonds. The predicted octanol–water partition coefficient (Wildman–Crippen LogP) is 5.03. The lowest BCUT2D eigenvalue weighted by molar-refractivity contribution is 0.0951. The highest BCUT2D eigenvalue weighted by molar-refractivity contribution is 7.92. The van der Waals surface area contributed by atoms with Gasteiger partial charge in [0.25, 0.3) is 5.91 Å². The maximum atomic E-state index is 12.8. The number of hydrogen-bond donors (Lipinski definition) is 1. The minimum Gasteiger partial charge on any atom is -0.493 e. The summed E-state index contributed by atoms with van der Waals surface area (Å²) in [4.78, 5) is 12.7. The molecule has 0 unspecified atom stereocenters. The molecule has 0 atom stereocenters. The van der Waals surface area contributed by atoms with E-state index >= 15 is 0 Å². The highest BCUT2D eigenvalue weighted by Crippen LogP contribution is 2.33. The number of ether oxygens (including phenoxy) is 2. The van der Waals surface area contributed by atoms with E-state index in [0.717, 1.165) is 22.3 Å². The highest BCUT2D eigenvalue weighted by Gasteiger charge is 2.23. The zero-order chi connectivity index (χ0) is 26.5. The number of sulfonamides is 1. The molecule has 0 spiro atoms. The molecular formula is C28H34N2O5S. The van der Waals surface area contributed by atoms with E-state index in [-0.39, 0.29) is 18.4 Å². The van der Waals surface area contributed by atoms with Crippen molar-refractivity contribution in [2.75, 3.05) is 24.8 Å². The second kappa shape index (κ2) is 11.5. The van der Waals surface area contributed by atoms with Gasteiger partial charge in [-0.2, -0.15) is 0 Å². The van der Waals surface area contributed by atoms with Crippen LogP contribution in [0, 0.1) is 6.92 Å². The first-order valence-electron chi connectivity index (χ1n) is 11.7. The molecule has 0 aromatic heterocycles. The number of hydrogen-bond acceptors (Lipinski definition) is 5. The van der Waals surface area contributed by atoms with Crippen LogP contribution in [0.3, 0.4) is 0 Å². The Kier molecular flexibility index (Phi) is 8.63. The third kappa shape index (κ3) is 6.37. The fourth-order valence-corrected chi connectivity index (χ4v) is 5.02. The third-order valence-electron chi connectivity index (χ3n) is 5.98. The van der Waals surface area contributed by atoms with Gasteiger partial charge in [0.1, 0.15) is 0 Å². The molecule has 36 heavy (non-hydrogen) atoms. The van der Waals surface area contributed by atoms with E-state index in [9.17, 15) is 13.2 Å². The average molecular weight is 511 g/mol. The first-order chi connectivity index (χ1) is 17.0. The number of carbonyl (C=O) groups excluding carboxylic acids is 1. The highest BCUT2D eigenvalue weighted by atomic mass is 32.2. The van der Waals surface area contributed by atoms with Gasteiger partial charge in [-0.05, 0) is 59.4 Å². The monoisotopic (exact) mass is 510 g/mol. The lowest BCUT2D eigenvalue weighted by Crippen LogP contribution is -2.31. The van der Waals surface area contributed by atoms with Crippen LogP contribution in [-0.4, -0.2) is 34.8 Å². The third-order valence-corrected chi connectivity index (χ3v) is 7.10. The van der Waals surface area contributed by atoms with E-state index in [1.807, 2.05) is 51.1 Å². The van der Waals surface area contributed by atoms with Crippen molar-refractivity contribution in [3.05, 3.63) is 88.5 Å². The average Bonchev–Trinajstić information content (AvgIpc) is 2.85. The zero-order valence-corrected chi connectivity index (χ0v) is 22.5. The molecular weight excluding hydrogens is 476 g/mol. The lowest BCUT2D eigenvalue weighted by atomic mass is 9.98. The topological polar surface area (TPSA) is 84.9 Å². The number of benzene rings is 3. The fourth-order valence-electron chi connectivity index (χ4n) is 4.05. The summed E-state index contributed by atoms with van der Waals surface area (Å²) < 4.78 is 37.6. The minimum absolute atomic E-state index is 0.167. The molecule has 7 nitrogen and oxygen atoms in total. The number of para-hydroxylation sites is 1. The van der Waals surface area contributed by atoms with E-state index in [1.165, 1.54) is 10.6 Å². The summed E-state index contributed by atoms with van der Waals surface area (Å²) >= 11 is 0. The van der Waals surface area contributed by atoms with Crippen molar-refractivity contribution in [3.8, 4) is 11.5 Å². The molecule has 8 heteroatoms. The Morgan fingerprint density at radius 3 is 2.17 bits per heavy atom. The van der Waals surface area contributed by atoms with Crippen LogP contribution in [0.2, 0.25) is 0 Å². The molecule has 0 aliphatic heterocycles. The van der Waals surface area contributed by atoms with Gasteiger partial charge < -0.3 is 14.8 Å². The quantitative estimate of drug-likeness (QED) is 0.413. The minimum atomic E-state index is -3.54. The largest absolute Gasteiger partial charge is 0.493 e. The molecule has 0 saturated carbocycles. The molecule has 0 aliphatic carbocycles. The van der Waals surface area contributed by atoms with Crippen molar-refractivity contribution in [2.24, 2.45) is 0 Å². The Bertz CT molecular complexity index is 1320. The van der Waals surface area contributed by atoms with Crippen LogP contribution in [0.25, 0.3) is 0 Å². The van der Waals surface area contributed by atoms with E-state index in [4.69, 9.17) is 9.47 Å². The number of nitrogens with one attached hydrogen (secondary N) is 1. The molecule has 3 rings (SSSR count). The molecule has 0 bridgehead atoms. The van der Waals surface area contributed by atoms with Crippen molar-refractivity contribution in [2.45, 2.75) is 39.8 Å². The van der Waals surface area contributed by atoms with E-state index in [0.29, 0.717) is 29.3 Å². The lowest BCUT2D eigenvalue weighted by Gasteiger charge is -2.28. The second-order valence-corrected chi connectivity index (χ2v) is 10.9. The van der Waals surface area contributed by atoms with E-state index in [1.54, 1.807) is 44.6 Å². The number of amides is 1. The van der Waals surface area contributed by atoms with Crippen LogP contribution in [-0.2, 0) is 23.1 Å². The summed E-state index contributed by atoms with van der Waals surface area (Å²) in [5.41, 5.74) is 4.75. The summed E-state index contributed by atoms with van der Waals surface area (Å²) in [5.74, 6) is 1.16. The summed E-state index contributed by atoms with van der Waals surface area (Å²) in [5, 5.41) is 2.90. The molecule has 0 saturated heterocycles. The first-order valence-corrected chi connectivity index (χ1v) is 13.5. The molecule has 3 aromatic carbocycles. The first kappa shape index (κ1) is 27.1. The number of anilines is 1. The van der Waals surface area contributed by atoms with Gasteiger partial charge in [0.05, 0.1) is 32.7 Å². The molecule has 192 valence electrons. The number of methoxy groups -OCH3 is 2. The summed E-state index contributed by atoms with van der Waals surface area (Å²) in [6.45, 7) is 6.53. The zero-order valence-electron chi connectivity index (χ0n) is 21.7. The van der Waals surface area contributed by atoms with Gasteiger partial charge in [0, 0.05) is 12.1 Å². The van der Waals surface area contributed by atoms with E-state index < -0.39 is 10.0 Å². The van der Waals surface area contributed by atoms with Crippen LogP contribution in [0.5, 0.6) is 11.5 Å². The number of nitrogens with zero attached hydrogens (tertiary/aromatic N) is 1. The van der Waals surface area contributed by atoms with Gasteiger partial charge in [-0.15, -0.1) is 0 Å². The maximum Gasteiger partial charge on any atom is 0.251 e. The summed E-state index contributed by atoms with van der Waals surface area (Å²) in [6, 6.07) is 18.3. The van der Waals surface area contributed by atoms with Crippen molar-refractivity contribution >= 4 is 21.6 Å². The molecule has 1 N–H and O–H groups in total. The summed E-state index contributed by atoms with van der Waals surface area (Å²) in [7, 11) is -0.400. The van der Waals surface area contributed by atoms with Crippen LogP contribution < -0.4 is 19.1 Å². The number of carbonyl (C=O) groups is 1. The number of rotatable bonds is 10. The van der Waals surface area contributed by atoms with Gasteiger partial charge >= 0.3 is 0 Å². The van der Waals surface area contributed by atoms with Crippen molar-refractivity contribution in [1.29, 1.82) is 0 Å². The fraction of sp³-hybridized carbons (Fsp3) is 0.321. The Morgan fingerprint density at radius 1 is 0.944 bits per heavy atom. The van der Waals surface area contributed by atoms with Gasteiger partial charge in [-0.1, -0.05) is 50.2 Å². The Hall–Kier alpha value is -3.52. The number of aryl methyl sites for hydroxylation is 1. The molecule has 0 heterocycles. The summed E-state index contributed by atoms with van der Waals surface area (Å²) in [6.07, 6.45) is 1.22. The van der Waals surface area contributed by atoms with Crippen LogP contribution >= 0.6 is 0 Å². The van der Waals surface area contributed by atoms with Gasteiger partial charge in [0.2, 0.25) is 10.0 Å². The van der Waals surface area contributed by atoms with Crippen molar-refractivity contribution < 1.29 is 22.7 Å². The molecule has 0 fully saturated rings. The predicted molar refractivity (Wildman–Crippen MR) is 143 cm³/mol. The normalized spacial score (nSPS) is 11.3.